The molecule has 0 atom stereocenters. The molecule has 0 saturated carbocycles. The number of thioether (sulfide) groups is 1. The minimum atomic E-state index is -4.52. The van der Waals surface area contributed by atoms with E-state index in [0.717, 1.165) is 16.7 Å². The zero-order valence-electron chi connectivity index (χ0n) is 16.2. The monoisotopic (exact) mass is 424 g/mol. The van der Waals surface area contributed by atoms with Gasteiger partial charge in [0.1, 0.15) is 28.9 Å². The van der Waals surface area contributed by atoms with Crippen LogP contribution < -0.4 is 15.6 Å². The summed E-state index contributed by atoms with van der Waals surface area (Å²) >= 11 is 1.49. The Labute approximate surface area is 169 Å². The summed E-state index contributed by atoms with van der Waals surface area (Å²) in [6, 6.07) is 3.81. The van der Waals surface area contributed by atoms with E-state index in [2.05, 4.69) is 26.9 Å². The number of pyridine rings is 1. The first-order valence-electron chi connectivity index (χ1n) is 8.67. The van der Waals surface area contributed by atoms with Crippen LogP contribution in [0.2, 0.25) is 0 Å². The number of fused-ring (bicyclic) bond motifs is 1. The number of rotatable bonds is 5. The third-order valence-electron chi connectivity index (χ3n) is 4.01. The SMILES string of the molecule is CCSc1cc(OC(C)(C)C#N)cnc1-c1nc2c(n1C)NNC(C(F)(F)F)=C2. The fraction of sp³-hybridized carbons (Fsp3) is 0.389. The maximum absolute atomic E-state index is 13.0. The van der Waals surface area contributed by atoms with Gasteiger partial charge in [-0.15, -0.1) is 11.8 Å². The summed E-state index contributed by atoms with van der Waals surface area (Å²) in [5.74, 6) is 1.97. The van der Waals surface area contributed by atoms with Gasteiger partial charge >= 0.3 is 6.18 Å². The number of imidazole rings is 1. The van der Waals surface area contributed by atoms with Gasteiger partial charge in [-0.1, -0.05) is 6.92 Å². The summed E-state index contributed by atoms with van der Waals surface area (Å²) in [6.45, 7) is 5.25. The average Bonchev–Trinajstić information content (AvgIpc) is 2.97. The van der Waals surface area contributed by atoms with E-state index < -0.39 is 17.5 Å². The summed E-state index contributed by atoms with van der Waals surface area (Å²) in [6.07, 6.45) is -2.09. The molecule has 1 aliphatic heterocycles. The van der Waals surface area contributed by atoms with Crippen LogP contribution in [0.25, 0.3) is 17.6 Å². The highest BCUT2D eigenvalue weighted by Gasteiger charge is 2.37. The molecule has 0 bridgehead atoms. The van der Waals surface area contributed by atoms with Crippen molar-refractivity contribution < 1.29 is 17.9 Å². The second-order valence-electron chi connectivity index (χ2n) is 6.71. The fourth-order valence-corrected chi connectivity index (χ4v) is 3.46. The lowest BCUT2D eigenvalue weighted by Crippen LogP contribution is -2.33. The van der Waals surface area contributed by atoms with Gasteiger partial charge in [0.25, 0.3) is 0 Å². The maximum Gasteiger partial charge on any atom is 0.432 e. The second kappa shape index (κ2) is 7.51. The van der Waals surface area contributed by atoms with Gasteiger partial charge in [-0.05, 0) is 31.7 Å². The lowest BCUT2D eigenvalue weighted by molar-refractivity contribution is -0.0951. The molecule has 1 aliphatic rings. The van der Waals surface area contributed by atoms with Crippen molar-refractivity contribution in [3.8, 4) is 23.3 Å². The van der Waals surface area contributed by atoms with Crippen LogP contribution in [0.5, 0.6) is 5.75 Å². The molecule has 0 saturated heterocycles. The molecule has 2 aromatic rings. The van der Waals surface area contributed by atoms with Crippen molar-refractivity contribution >= 4 is 23.7 Å². The molecule has 0 aliphatic carbocycles. The number of alkyl halides is 3. The zero-order valence-corrected chi connectivity index (χ0v) is 17.0. The van der Waals surface area contributed by atoms with Gasteiger partial charge in [-0.3, -0.25) is 10.9 Å². The van der Waals surface area contributed by atoms with Crippen molar-refractivity contribution in [2.24, 2.45) is 7.05 Å². The zero-order chi connectivity index (χ0) is 21.4. The van der Waals surface area contributed by atoms with Crippen LogP contribution in [-0.4, -0.2) is 32.1 Å². The first kappa shape index (κ1) is 20.9. The molecule has 3 heterocycles. The molecule has 29 heavy (non-hydrogen) atoms. The van der Waals surface area contributed by atoms with Crippen LogP contribution in [0.3, 0.4) is 0 Å². The Morgan fingerprint density at radius 3 is 2.66 bits per heavy atom. The highest BCUT2D eigenvalue weighted by atomic mass is 32.2. The molecule has 0 spiro atoms. The van der Waals surface area contributed by atoms with Crippen LogP contribution in [0.1, 0.15) is 26.5 Å². The predicted octanol–water partition coefficient (Wildman–Crippen LogP) is 4.11. The van der Waals surface area contributed by atoms with E-state index >= 15 is 0 Å². The number of hydrogen-bond donors (Lipinski definition) is 2. The van der Waals surface area contributed by atoms with E-state index in [4.69, 9.17) is 10.00 Å². The Balaban J connectivity index is 2.05. The first-order chi connectivity index (χ1) is 13.6. The minimum Gasteiger partial charge on any atom is -0.471 e. The summed E-state index contributed by atoms with van der Waals surface area (Å²) < 4.78 is 46.2. The molecule has 0 amide bonds. The van der Waals surface area contributed by atoms with Crippen molar-refractivity contribution in [2.45, 2.75) is 37.4 Å². The topological polar surface area (TPSA) is 87.8 Å². The molecule has 0 unspecified atom stereocenters. The van der Waals surface area contributed by atoms with E-state index in [1.807, 2.05) is 6.92 Å². The number of allylic oxidation sites excluding steroid dienone is 1. The number of nitriles is 1. The summed E-state index contributed by atoms with van der Waals surface area (Å²) in [5.41, 5.74) is 3.43. The Hall–Kier alpha value is -2.87. The van der Waals surface area contributed by atoms with Crippen LogP contribution in [0.15, 0.2) is 22.9 Å². The van der Waals surface area contributed by atoms with Crippen molar-refractivity contribution in [2.75, 3.05) is 11.2 Å². The van der Waals surface area contributed by atoms with E-state index in [1.165, 1.54) is 18.0 Å². The Morgan fingerprint density at radius 1 is 1.31 bits per heavy atom. The van der Waals surface area contributed by atoms with Gasteiger partial charge in [0.2, 0.25) is 0 Å². The number of nitrogens with zero attached hydrogens (tertiary/aromatic N) is 4. The van der Waals surface area contributed by atoms with Crippen LogP contribution in [-0.2, 0) is 7.05 Å². The summed E-state index contributed by atoms with van der Waals surface area (Å²) in [7, 11) is 1.69. The highest BCUT2D eigenvalue weighted by molar-refractivity contribution is 7.99. The van der Waals surface area contributed by atoms with Gasteiger partial charge in [0.05, 0.1) is 6.20 Å². The Morgan fingerprint density at radius 2 is 2.03 bits per heavy atom. The van der Waals surface area contributed by atoms with Crippen LogP contribution >= 0.6 is 11.8 Å². The molecule has 0 fully saturated rings. The Kier molecular flexibility index (Phi) is 5.40. The second-order valence-corrected chi connectivity index (χ2v) is 8.01. The van der Waals surface area contributed by atoms with E-state index in [9.17, 15) is 13.2 Å². The fourth-order valence-electron chi connectivity index (χ4n) is 2.67. The van der Waals surface area contributed by atoms with Crippen LogP contribution in [0.4, 0.5) is 19.0 Å². The molecule has 3 rings (SSSR count). The lowest BCUT2D eigenvalue weighted by atomic mass is 10.2. The average molecular weight is 424 g/mol. The molecule has 0 radical (unpaired) electrons. The number of hydrogen-bond acceptors (Lipinski definition) is 7. The van der Waals surface area contributed by atoms with Crippen molar-refractivity contribution in [3.63, 3.8) is 0 Å². The molecule has 0 aromatic carbocycles. The van der Waals surface area contributed by atoms with Gasteiger partial charge in [0, 0.05) is 11.9 Å². The number of halogens is 3. The quantitative estimate of drug-likeness (QED) is 0.699. The van der Waals surface area contributed by atoms with E-state index in [-0.39, 0.29) is 5.69 Å². The third-order valence-corrected chi connectivity index (χ3v) is 4.92. The number of hydrazine groups is 1. The molecular weight excluding hydrogens is 405 g/mol. The van der Waals surface area contributed by atoms with Gasteiger partial charge < -0.3 is 9.30 Å². The molecule has 7 nitrogen and oxygen atoms in total. The molecule has 2 N–H and O–H groups in total. The maximum atomic E-state index is 13.0. The number of anilines is 1. The smallest absolute Gasteiger partial charge is 0.432 e. The van der Waals surface area contributed by atoms with Gasteiger partial charge in [0.15, 0.2) is 17.2 Å². The molecular formula is C18H19F3N6OS. The lowest BCUT2D eigenvalue weighted by Gasteiger charge is -2.20. The number of ether oxygens (including phenoxy) is 1. The van der Waals surface area contributed by atoms with Crippen LogP contribution in [0, 0.1) is 11.3 Å². The van der Waals surface area contributed by atoms with Gasteiger partial charge in [-0.25, -0.2) is 9.97 Å². The first-order valence-corrected chi connectivity index (χ1v) is 9.65. The van der Waals surface area contributed by atoms with E-state index in [0.29, 0.717) is 23.1 Å². The number of nitrogens with one attached hydrogen (secondary N) is 2. The summed E-state index contributed by atoms with van der Waals surface area (Å²) in [4.78, 5) is 9.54. The normalized spacial score (nSPS) is 13.7. The standard InChI is InChI=1S/C18H19F3N6OS/c1-5-29-12-6-10(28-17(2,3)9-22)8-23-14(12)16-24-11-7-13(18(19,20)21)25-26-15(11)27(16)4/h6-8,25-26H,5H2,1-4H3. The van der Waals surface area contributed by atoms with Gasteiger partial charge in [-0.2, -0.15) is 18.4 Å². The molecule has 154 valence electrons. The largest absolute Gasteiger partial charge is 0.471 e. The summed E-state index contributed by atoms with van der Waals surface area (Å²) in [5, 5.41) is 9.16. The highest BCUT2D eigenvalue weighted by Crippen LogP contribution is 2.36. The van der Waals surface area contributed by atoms with Crippen molar-refractivity contribution in [1.29, 1.82) is 5.26 Å². The molecule has 2 aromatic heterocycles. The van der Waals surface area contributed by atoms with E-state index in [1.54, 1.807) is 31.5 Å². The minimum absolute atomic E-state index is 0.161. The Bertz CT molecular complexity index is 1010. The molecule has 11 heteroatoms. The third kappa shape index (κ3) is 4.27. The van der Waals surface area contributed by atoms with Crippen molar-refractivity contribution in [3.05, 3.63) is 23.7 Å². The van der Waals surface area contributed by atoms with Crippen molar-refractivity contribution in [1.82, 2.24) is 20.0 Å². The predicted molar refractivity (Wildman–Crippen MR) is 104 cm³/mol. The number of aromatic nitrogens is 3.